The molecule has 0 spiro atoms. The van der Waals surface area contributed by atoms with E-state index in [9.17, 15) is 0 Å². The molecule has 0 radical (unpaired) electrons. The third-order valence-corrected chi connectivity index (χ3v) is 2.26. The standard InChI is InChI=1S/C11H17N3OS/c1-14(2)6-3-7-15-10-5-4-9(8-13-10)11(12)16/h4-5,8H,3,6-7H2,1-2H3,(H2,12,16). The third-order valence-electron chi connectivity index (χ3n) is 2.02. The summed E-state index contributed by atoms with van der Waals surface area (Å²) >= 11 is 4.83. The third kappa shape index (κ3) is 4.55. The second-order valence-corrected chi connectivity index (χ2v) is 4.19. The van der Waals surface area contributed by atoms with Crippen molar-refractivity contribution in [1.29, 1.82) is 0 Å². The van der Waals surface area contributed by atoms with E-state index in [0.29, 0.717) is 17.5 Å². The zero-order valence-corrected chi connectivity index (χ0v) is 10.5. The molecule has 0 aliphatic rings. The van der Waals surface area contributed by atoms with Crippen LogP contribution in [0.2, 0.25) is 0 Å². The van der Waals surface area contributed by atoms with E-state index in [0.717, 1.165) is 18.5 Å². The van der Waals surface area contributed by atoms with Gasteiger partial charge in [-0.3, -0.25) is 0 Å². The Morgan fingerprint density at radius 2 is 2.25 bits per heavy atom. The molecular formula is C11H17N3OS. The van der Waals surface area contributed by atoms with Gasteiger partial charge in [0.05, 0.1) is 6.61 Å². The number of ether oxygens (including phenoxy) is 1. The smallest absolute Gasteiger partial charge is 0.213 e. The van der Waals surface area contributed by atoms with Crippen LogP contribution in [-0.4, -0.2) is 42.1 Å². The number of rotatable bonds is 6. The summed E-state index contributed by atoms with van der Waals surface area (Å²) < 4.78 is 5.47. The van der Waals surface area contributed by atoms with Gasteiger partial charge in [-0.05, 0) is 26.6 Å². The van der Waals surface area contributed by atoms with Crippen molar-refractivity contribution in [2.75, 3.05) is 27.2 Å². The number of pyridine rings is 1. The lowest BCUT2D eigenvalue weighted by molar-refractivity contribution is 0.273. The highest BCUT2D eigenvalue weighted by molar-refractivity contribution is 7.80. The van der Waals surface area contributed by atoms with Gasteiger partial charge >= 0.3 is 0 Å². The second-order valence-electron chi connectivity index (χ2n) is 3.75. The molecule has 0 amide bonds. The van der Waals surface area contributed by atoms with Crippen molar-refractivity contribution >= 4 is 17.2 Å². The molecule has 1 rings (SSSR count). The summed E-state index contributed by atoms with van der Waals surface area (Å²) in [6.45, 7) is 1.67. The summed E-state index contributed by atoms with van der Waals surface area (Å²) in [7, 11) is 4.07. The first kappa shape index (κ1) is 12.9. The molecule has 0 atom stereocenters. The van der Waals surface area contributed by atoms with Crippen LogP contribution < -0.4 is 10.5 Å². The fraction of sp³-hybridized carbons (Fsp3) is 0.455. The van der Waals surface area contributed by atoms with Crippen LogP contribution >= 0.6 is 12.2 Å². The average Bonchev–Trinajstić information content (AvgIpc) is 2.25. The van der Waals surface area contributed by atoms with Crippen LogP contribution in [0.5, 0.6) is 5.88 Å². The summed E-state index contributed by atoms with van der Waals surface area (Å²) in [5.74, 6) is 0.610. The van der Waals surface area contributed by atoms with Crippen molar-refractivity contribution in [2.45, 2.75) is 6.42 Å². The minimum atomic E-state index is 0.353. The molecule has 0 bridgehead atoms. The average molecular weight is 239 g/mol. The van der Waals surface area contributed by atoms with E-state index < -0.39 is 0 Å². The molecule has 0 aliphatic carbocycles. The van der Waals surface area contributed by atoms with Gasteiger partial charge in [-0.2, -0.15) is 0 Å². The monoisotopic (exact) mass is 239 g/mol. The highest BCUT2D eigenvalue weighted by atomic mass is 32.1. The molecule has 1 aromatic heterocycles. The SMILES string of the molecule is CN(C)CCCOc1ccc(C(N)=S)cn1. The maximum absolute atomic E-state index is 5.47. The molecule has 2 N–H and O–H groups in total. The predicted octanol–water partition coefficient (Wildman–Crippen LogP) is 1.05. The molecule has 1 heterocycles. The van der Waals surface area contributed by atoms with E-state index in [2.05, 4.69) is 9.88 Å². The van der Waals surface area contributed by atoms with Gasteiger partial charge in [-0.25, -0.2) is 4.98 Å². The van der Waals surface area contributed by atoms with Crippen LogP contribution in [0.1, 0.15) is 12.0 Å². The first-order chi connectivity index (χ1) is 7.59. The Morgan fingerprint density at radius 3 is 2.75 bits per heavy atom. The molecule has 4 nitrogen and oxygen atoms in total. The molecule has 16 heavy (non-hydrogen) atoms. The summed E-state index contributed by atoms with van der Waals surface area (Å²) in [5.41, 5.74) is 6.22. The van der Waals surface area contributed by atoms with Gasteiger partial charge in [-0.15, -0.1) is 0 Å². The highest BCUT2D eigenvalue weighted by Crippen LogP contribution is 2.07. The van der Waals surface area contributed by atoms with Crippen molar-refractivity contribution < 1.29 is 4.74 Å². The van der Waals surface area contributed by atoms with E-state index in [1.807, 2.05) is 20.2 Å². The number of aromatic nitrogens is 1. The van der Waals surface area contributed by atoms with E-state index in [1.54, 1.807) is 12.3 Å². The van der Waals surface area contributed by atoms with E-state index >= 15 is 0 Å². The van der Waals surface area contributed by atoms with Gasteiger partial charge in [-0.1, -0.05) is 12.2 Å². The minimum Gasteiger partial charge on any atom is -0.478 e. The number of hydrogen-bond acceptors (Lipinski definition) is 4. The summed E-state index contributed by atoms with van der Waals surface area (Å²) in [5, 5.41) is 0. The molecule has 0 aliphatic heterocycles. The lowest BCUT2D eigenvalue weighted by Gasteiger charge is -2.09. The molecule has 0 aromatic carbocycles. The quantitative estimate of drug-likeness (QED) is 0.594. The Labute approximate surface area is 101 Å². The molecule has 0 unspecified atom stereocenters. The van der Waals surface area contributed by atoms with Crippen molar-refractivity contribution in [3.63, 3.8) is 0 Å². The Bertz CT molecular complexity index is 338. The number of nitrogens with two attached hydrogens (primary N) is 1. The van der Waals surface area contributed by atoms with Crippen LogP contribution in [0.15, 0.2) is 18.3 Å². The van der Waals surface area contributed by atoms with Crippen LogP contribution in [-0.2, 0) is 0 Å². The highest BCUT2D eigenvalue weighted by Gasteiger charge is 1.99. The number of hydrogen-bond donors (Lipinski definition) is 1. The van der Waals surface area contributed by atoms with Crippen molar-refractivity contribution in [2.24, 2.45) is 5.73 Å². The van der Waals surface area contributed by atoms with Crippen molar-refractivity contribution in [1.82, 2.24) is 9.88 Å². The largest absolute Gasteiger partial charge is 0.478 e. The van der Waals surface area contributed by atoms with Gasteiger partial charge in [0, 0.05) is 24.4 Å². The molecule has 88 valence electrons. The van der Waals surface area contributed by atoms with Crippen LogP contribution in [0.4, 0.5) is 0 Å². The molecular weight excluding hydrogens is 222 g/mol. The van der Waals surface area contributed by atoms with Crippen molar-refractivity contribution in [3.05, 3.63) is 23.9 Å². The topological polar surface area (TPSA) is 51.4 Å². The normalized spacial score (nSPS) is 10.4. The van der Waals surface area contributed by atoms with Gasteiger partial charge in [0.1, 0.15) is 4.99 Å². The Balaban J connectivity index is 2.35. The summed E-state index contributed by atoms with van der Waals surface area (Å²) in [4.78, 5) is 6.58. The Morgan fingerprint density at radius 1 is 1.50 bits per heavy atom. The second kappa shape index (κ2) is 6.40. The van der Waals surface area contributed by atoms with E-state index in [4.69, 9.17) is 22.7 Å². The first-order valence-corrected chi connectivity index (χ1v) is 5.54. The van der Waals surface area contributed by atoms with E-state index in [1.165, 1.54) is 0 Å². The zero-order valence-electron chi connectivity index (χ0n) is 9.64. The summed E-state index contributed by atoms with van der Waals surface area (Å²) in [6, 6.07) is 3.60. The van der Waals surface area contributed by atoms with Gasteiger partial charge in [0.15, 0.2) is 0 Å². The molecule has 0 saturated carbocycles. The molecule has 0 fully saturated rings. The Hall–Kier alpha value is -1.20. The molecule has 1 aromatic rings. The first-order valence-electron chi connectivity index (χ1n) is 5.13. The number of thiocarbonyl (C=S) groups is 1. The lowest BCUT2D eigenvalue weighted by Crippen LogP contribution is -2.15. The Kier molecular flexibility index (Phi) is 5.14. The fourth-order valence-corrected chi connectivity index (χ4v) is 1.29. The van der Waals surface area contributed by atoms with Crippen LogP contribution in [0, 0.1) is 0 Å². The fourth-order valence-electron chi connectivity index (χ4n) is 1.17. The maximum Gasteiger partial charge on any atom is 0.213 e. The minimum absolute atomic E-state index is 0.353. The van der Waals surface area contributed by atoms with E-state index in [-0.39, 0.29) is 0 Å². The molecule has 0 saturated heterocycles. The van der Waals surface area contributed by atoms with Gasteiger partial charge < -0.3 is 15.4 Å². The molecule has 5 heteroatoms. The van der Waals surface area contributed by atoms with Gasteiger partial charge in [0.2, 0.25) is 5.88 Å². The maximum atomic E-state index is 5.47. The van der Waals surface area contributed by atoms with Crippen LogP contribution in [0.3, 0.4) is 0 Å². The number of nitrogens with zero attached hydrogens (tertiary/aromatic N) is 2. The van der Waals surface area contributed by atoms with Gasteiger partial charge in [0.25, 0.3) is 0 Å². The predicted molar refractivity (Wildman–Crippen MR) is 68.8 cm³/mol. The van der Waals surface area contributed by atoms with Crippen LogP contribution in [0.25, 0.3) is 0 Å². The lowest BCUT2D eigenvalue weighted by atomic mass is 10.3. The van der Waals surface area contributed by atoms with Crippen molar-refractivity contribution in [3.8, 4) is 5.88 Å². The zero-order chi connectivity index (χ0) is 12.0. The summed E-state index contributed by atoms with van der Waals surface area (Å²) in [6.07, 6.45) is 2.61.